The fourth-order valence-corrected chi connectivity index (χ4v) is 9.16. The minimum atomic E-state index is -6.09. The molecular weight excluding hydrogens is 1710 g/mol. The van der Waals surface area contributed by atoms with E-state index in [4.69, 9.17) is 13.0 Å². The summed E-state index contributed by atoms with van der Waals surface area (Å²) in [5.41, 5.74) is 0.574. The second-order valence-corrected chi connectivity index (χ2v) is 22.6. The van der Waals surface area contributed by atoms with Gasteiger partial charge in [-0.3, -0.25) is 9.97 Å². The molecule has 8 rings (SSSR count). The molecule has 0 unspecified atom stereocenters. The number of rotatable bonds is 34. The quantitative estimate of drug-likeness (QED) is 0.0121. The van der Waals surface area contributed by atoms with Crippen molar-refractivity contribution in [1.29, 1.82) is 0 Å². The fourth-order valence-electron chi connectivity index (χ4n) is 9.16. The molecule has 0 amide bonds. The van der Waals surface area contributed by atoms with Crippen molar-refractivity contribution in [3.8, 4) is 45.6 Å². The molecule has 0 aliphatic carbocycles. The topological polar surface area (TPSA) is 204 Å². The van der Waals surface area contributed by atoms with Crippen LogP contribution in [0.2, 0.25) is 0 Å². The average molecular weight is 1800 g/mol. The van der Waals surface area contributed by atoms with Gasteiger partial charge in [0, 0.05) is 24.8 Å². The molecule has 0 saturated heterocycles. The normalized spacial score (nSPS) is 12.2. The summed E-state index contributed by atoms with van der Waals surface area (Å²) in [6.45, 7) is 11.3. The second-order valence-electron chi connectivity index (χ2n) is 21.2. The Kier molecular flexibility index (Phi) is 50.6. The molecule has 17 nitrogen and oxygen atoms in total. The van der Waals surface area contributed by atoms with Crippen molar-refractivity contribution < 1.29 is 87.4 Å². The van der Waals surface area contributed by atoms with Gasteiger partial charge in [-0.25, -0.2) is 8.42 Å². The summed E-state index contributed by atoms with van der Waals surface area (Å²) in [4.78, 5) is 17.7. The van der Waals surface area contributed by atoms with Gasteiger partial charge < -0.3 is 64.9 Å². The Morgan fingerprint density at radius 3 is 0.876 bits per heavy atom. The zero-order valence-corrected chi connectivity index (χ0v) is 60.9. The summed E-state index contributed by atoms with van der Waals surface area (Å²) < 4.78 is 58.9. The van der Waals surface area contributed by atoms with E-state index in [2.05, 4.69) is 178 Å². The minimum Gasteiger partial charge on any atom is -0.574 e. The van der Waals surface area contributed by atoms with Crippen molar-refractivity contribution in [2.75, 3.05) is 27.2 Å². The average Bonchev–Trinajstić information content (AvgIpc) is 4.03. The van der Waals surface area contributed by atoms with E-state index in [9.17, 15) is 13.2 Å². The standard InChI is InChI=1S/2C20H39N2.2C11H7N5.CHF3O3S.Ag.2Au.BrH.ClH/c2*1-3-4-5-6-7-8-9-10-11-12-13-14-15-16-17-22-19-18-21(2)20-22;2*1-2-8(10-4-6-12-15-10)14-9(3-1)11-5-7-13-16-11;2-1(3,4)8(5,6)7;;;;;/h2*18-20H,3-17H2,1-2H3;2*1-7H;(H,5,6,7);;;;2*1H/q2*-1;2*-2;;2*+1;+3;;/p-3. The van der Waals surface area contributed by atoms with Gasteiger partial charge in [0.15, 0.2) is 10.1 Å². The maximum atomic E-state index is 10.7. The molecule has 0 N–H and O–H groups in total. The van der Waals surface area contributed by atoms with Gasteiger partial charge in [0.05, 0.1) is 22.8 Å². The number of nitrogens with zero attached hydrogens (tertiary/aromatic N) is 14. The molecule has 0 saturated carbocycles. The Balaban J connectivity index is 0.000000560. The van der Waals surface area contributed by atoms with Crippen molar-refractivity contribution in [1.82, 2.24) is 70.4 Å². The van der Waals surface area contributed by atoms with E-state index in [1.807, 2.05) is 60.7 Å². The van der Waals surface area contributed by atoms with Crippen molar-refractivity contribution in [2.24, 2.45) is 0 Å². The Labute approximate surface area is 580 Å². The van der Waals surface area contributed by atoms with E-state index in [-0.39, 0.29) is 22.4 Å². The van der Waals surface area contributed by atoms with Crippen LogP contribution in [0.5, 0.6) is 0 Å². The van der Waals surface area contributed by atoms with Crippen LogP contribution < -0.4 is 20.4 Å². The Bertz CT molecular complexity index is 2450. The summed E-state index contributed by atoms with van der Waals surface area (Å²) in [5.74, 6) is 0. The van der Waals surface area contributed by atoms with Crippen LogP contribution in [0.3, 0.4) is 0 Å². The van der Waals surface area contributed by atoms with Crippen molar-refractivity contribution in [3.05, 3.63) is 124 Å². The third-order valence-electron chi connectivity index (χ3n) is 13.9. The summed E-state index contributed by atoms with van der Waals surface area (Å²) in [7, 11) is 2.66. The number of halogens is 5. The third-order valence-corrected chi connectivity index (χ3v) is 14.4. The molecule has 0 fully saturated rings. The van der Waals surface area contributed by atoms with E-state index in [0.29, 0.717) is 0 Å². The number of hydrogen-bond acceptors (Lipinski definition) is 13. The van der Waals surface area contributed by atoms with Crippen LogP contribution in [0.25, 0.3) is 45.6 Å². The smallest absolute Gasteiger partial charge is 0.0500 e. The minimum absolute atomic E-state index is 0. The summed E-state index contributed by atoms with van der Waals surface area (Å²) in [6, 6.07) is 18.7. The molecule has 0 bridgehead atoms. The molecule has 8 heterocycles. The predicted octanol–water partition coefficient (Wildman–Crippen LogP) is 16.4. The van der Waals surface area contributed by atoms with Crippen LogP contribution in [0.4, 0.5) is 13.2 Å². The zero-order valence-electron chi connectivity index (χ0n) is 51.9. The summed E-state index contributed by atoms with van der Waals surface area (Å²) in [6.07, 6.45) is 55.3. The van der Waals surface area contributed by atoms with Gasteiger partial charge in [0.25, 0.3) is 0 Å². The number of unbranched alkanes of at least 4 members (excludes halogenated alkanes) is 26. The van der Waals surface area contributed by atoms with Crippen LogP contribution in [0, 0.1) is 13.3 Å². The molecule has 0 spiro atoms. The van der Waals surface area contributed by atoms with Gasteiger partial charge in [-0.05, 0) is 89.1 Å². The second kappa shape index (κ2) is 54.0. The molecule has 2 aliphatic rings. The van der Waals surface area contributed by atoms with E-state index in [1.165, 1.54) is 193 Å². The van der Waals surface area contributed by atoms with Gasteiger partial charge in [0.2, 0.25) is 0 Å². The van der Waals surface area contributed by atoms with Gasteiger partial charge in [-0.15, -0.1) is 0 Å². The first-order chi connectivity index (χ1) is 42.8. The van der Waals surface area contributed by atoms with E-state index in [1.54, 1.807) is 44.8 Å². The molecule has 6 aromatic rings. The van der Waals surface area contributed by atoms with Crippen LogP contribution in [-0.2, 0) is 71.4 Å². The van der Waals surface area contributed by atoms with Crippen LogP contribution in [0.1, 0.15) is 194 Å². The summed E-state index contributed by atoms with van der Waals surface area (Å²) in [5, 5.41) is 30.9. The van der Waals surface area contributed by atoms with Crippen LogP contribution in [-0.4, -0.2) is 95.6 Å². The van der Waals surface area contributed by atoms with Crippen molar-refractivity contribution >= 4 is 32.3 Å². The molecule has 2 aliphatic heterocycles. The number of pyridine rings is 2. The molecule has 0 atom stereocenters. The molecule has 26 heteroatoms. The monoisotopic (exact) mass is 1800 g/mol. The van der Waals surface area contributed by atoms with Gasteiger partial charge in [0.1, 0.15) is 0 Å². The maximum absolute atomic E-state index is 10.7. The van der Waals surface area contributed by atoms with E-state index in [0.717, 1.165) is 45.6 Å². The van der Waals surface area contributed by atoms with Crippen molar-refractivity contribution in [2.45, 2.75) is 199 Å². The Morgan fingerprint density at radius 2 is 0.697 bits per heavy atom. The van der Waals surface area contributed by atoms with E-state index >= 15 is 0 Å². The number of hydrogen-bond donors (Lipinski definition) is 0. The van der Waals surface area contributed by atoms with E-state index < -0.39 is 15.6 Å². The first-order valence-electron chi connectivity index (χ1n) is 30.8. The molecule has 510 valence electrons. The summed E-state index contributed by atoms with van der Waals surface area (Å²) >= 11 is 7.26. The number of aromatic nitrogens is 10. The molecule has 0 aromatic carbocycles. The number of alkyl halides is 3. The zero-order chi connectivity index (χ0) is 64.4. The first kappa shape index (κ1) is 83.5. The fraction of sp³-hybridized carbons (Fsp3) is 0.556. The Morgan fingerprint density at radius 1 is 0.472 bits per heavy atom. The molecule has 6 aromatic heterocycles. The van der Waals surface area contributed by atoms with Gasteiger partial charge in [-0.1, -0.05) is 240 Å². The van der Waals surface area contributed by atoms with Crippen molar-refractivity contribution in [3.63, 3.8) is 0 Å². The van der Waals surface area contributed by atoms with Crippen LogP contribution >= 0.6 is 22.2 Å². The maximum Gasteiger partial charge on any atom is 0.0500 e. The molecular formula is C63H92AgAu2BrClF3N14O3S-4. The van der Waals surface area contributed by atoms with Crippen LogP contribution in [0.15, 0.2) is 110 Å². The SMILES string of the molecule is CCCCCCCCCCCCCCCCN1C=CN(C)[CH-]1.CCCCCCCCCCCCCCCCN1C=CN(C)[CH-]1.O=S(=O)([O-])C(F)(F)F.[Au+3].[Br][Ag].[Cl][Au].c1cc(-c2ccn[n-]2)nc(-c2ccn[n-]2)c1.c1cc(-c2ccn[n-]2)nc(-c2ccn[n-]2)c1. The predicted molar refractivity (Wildman–Crippen MR) is 342 cm³/mol. The van der Waals surface area contributed by atoms with Gasteiger partial charge in [-0.2, -0.15) is 26.5 Å². The Hall–Kier alpha value is -3.49. The van der Waals surface area contributed by atoms with Gasteiger partial charge >= 0.3 is 89.0 Å². The molecule has 0 radical (unpaired) electrons. The molecule has 89 heavy (non-hydrogen) atoms. The first-order valence-corrected chi connectivity index (χ1v) is 38.3. The largest absolute Gasteiger partial charge is 0.574 e. The third kappa shape index (κ3) is 40.3.